The average Bonchev–Trinajstić information content (AvgIpc) is 3.74. The number of likely N-dealkylation sites (tertiary alicyclic amines) is 1. The Morgan fingerprint density at radius 3 is 2.39 bits per heavy atom. The predicted molar refractivity (Wildman–Crippen MR) is 151 cm³/mol. The third-order valence-corrected chi connectivity index (χ3v) is 9.54. The lowest BCUT2D eigenvalue weighted by Crippen LogP contribution is -2.54. The van der Waals surface area contributed by atoms with Gasteiger partial charge in [0.15, 0.2) is 0 Å². The fraction of sp³-hybridized carbons (Fsp3) is 0.481. The van der Waals surface area contributed by atoms with Gasteiger partial charge in [-0.1, -0.05) is 30.1 Å². The lowest BCUT2D eigenvalue weighted by Gasteiger charge is -2.39. The molecule has 2 unspecified atom stereocenters. The van der Waals surface area contributed by atoms with E-state index >= 15 is 0 Å². The summed E-state index contributed by atoms with van der Waals surface area (Å²) in [4.78, 5) is 27.3. The maximum atomic E-state index is 14.0. The number of anilines is 1. The van der Waals surface area contributed by atoms with Crippen LogP contribution >= 0.6 is 23.2 Å². The van der Waals surface area contributed by atoms with Crippen molar-refractivity contribution in [2.75, 3.05) is 23.9 Å². The number of halogens is 5. The molecule has 1 saturated carbocycles. The van der Waals surface area contributed by atoms with Gasteiger partial charge in [0.05, 0.1) is 21.2 Å². The lowest BCUT2D eigenvalue weighted by atomic mass is 9.97. The Labute approximate surface area is 247 Å². The van der Waals surface area contributed by atoms with Crippen molar-refractivity contribution in [2.24, 2.45) is 5.92 Å². The number of hydrogen-bond donors (Lipinski definition) is 2. The number of rotatable bonds is 9. The summed E-state index contributed by atoms with van der Waals surface area (Å²) in [6.45, 7) is 2.50. The van der Waals surface area contributed by atoms with E-state index in [4.69, 9.17) is 23.2 Å². The summed E-state index contributed by atoms with van der Waals surface area (Å²) in [7, 11) is -4.58. The van der Waals surface area contributed by atoms with E-state index in [1.807, 2.05) is 0 Å². The molecule has 0 aromatic heterocycles. The van der Waals surface area contributed by atoms with E-state index in [9.17, 15) is 31.2 Å². The zero-order valence-corrected chi connectivity index (χ0v) is 24.6. The summed E-state index contributed by atoms with van der Waals surface area (Å²) in [6, 6.07) is 6.02. The van der Waals surface area contributed by atoms with Gasteiger partial charge in [-0.2, -0.15) is 13.2 Å². The zero-order valence-electron chi connectivity index (χ0n) is 22.3. The Morgan fingerprint density at radius 1 is 1.10 bits per heavy atom. The molecule has 1 aliphatic heterocycles. The van der Waals surface area contributed by atoms with Crippen molar-refractivity contribution < 1.29 is 31.2 Å². The summed E-state index contributed by atoms with van der Waals surface area (Å²) < 4.78 is 69.7. The fourth-order valence-electron chi connectivity index (χ4n) is 4.83. The molecule has 2 atom stereocenters. The third-order valence-electron chi connectivity index (χ3n) is 7.13. The van der Waals surface area contributed by atoms with Crippen molar-refractivity contribution in [3.8, 4) is 0 Å². The second-order valence-electron chi connectivity index (χ2n) is 10.3. The number of nitrogens with one attached hydrogen (secondary N) is 2. The molecule has 0 spiro atoms. The molecule has 8 nitrogen and oxygen atoms in total. The Kier molecular flexibility index (Phi) is 9.65. The van der Waals surface area contributed by atoms with Crippen LogP contribution in [0.2, 0.25) is 10.0 Å². The first kappa shape index (κ1) is 31.2. The van der Waals surface area contributed by atoms with E-state index in [-0.39, 0.29) is 45.9 Å². The second kappa shape index (κ2) is 12.7. The summed E-state index contributed by atoms with van der Waals surface area (Å²) in [5, 5.41) is 5.66. The first-order valence-electron chi connectivity index (χ1n) is 13.3. The van der Waals surface area contributed by atoms with Gasteiger partial charge < -0.3 is 15.5 Å². The Bertz CT molecular complexity index is 1370. The Morgan fingerprint density at radius 2 is 1.78 bits per heavy atom. The summed E-state index contributed by atoms with van der Waals surface area (Å²) in [5.41, 5.74) is -1.56. The molecule has 41 heavy (non-hydrogen) atoms. The summed E-state index contributed by atoms with van der Waals surface area (Å²) >= 11 is 12.3. The lowest BCUT2D eigenvalue weighted by molar-refractivity contribution is -0.137. The van der Waals surface area contributed by atoms with Crippen molar-refractivity contribution in [3.63, 3.8) is 0 Å². The Hall–Kier alpha value is -2.70. The van der Waals surface area contributed by atoms with Crippen LogP contribution < -0.4 is 14.9 Å². The zero-order chi connectivity index (χ0) is 29.9. The third kappa shape index (κ3) is 7.58. The van der Waals surface area contributed by atoms with Gasteiger partial charge in [-0.3, -0.25) is 9.10 Å². The highest BCUT2D eigenvalue weighted by atomic mass is 35.5. The number of sulfonamides is 1. The minimum Gasteiger partial charge on any atom is -0.341 e. The molecule has 2 aromatic rings. The van der Waals surface area contributed by atoms with Crippen LogP contribution in [0.15, 0.2) is 47.4 Å². The molecule has 1 heterocycles. The van der Waals surface area contributed by atoms with Crippen molar-refractivity contribution >= 4 is 50.9 Å². The van der Waals surface area contributed by atoms with Crippen molar-refractivity contribution in [1.82, 2.24) is 15.5 Å². The molecule has 224 valence electrons. The number of carbonyl (C=O) groups excluding carboxylic acids is 2. The molecule has 3 amide bonds. The molecule has 2 aromatic carbocycles. The van der Waals surface area contributed by atoms with Gasteiger partial charge in [0.25, 0.3) is 10.0 Å². The number of piperidine rings is 1. The van der Waals surface area contributed by atoms with E-state index in [0.29, 0.717) is 29.9 Å². The maximum absolute atomic E-state index is 14.0. The molecule has 2 fully saturated rings. The van der Waals surface area contributed by atoms with Crippen LogP contribution in [-0.2, 0) is 21.0 Å². The number of hydrogen-bond acceptors (Lipinski definition) is 4. The van der Waals surface area contributed by atoms with E-state index in [2.05, 4.69) is 10.6 Å². The number of carbonyl (C=O) groups is 2. The molecule has 2 N–H and O–H groups in total. The average molecular weight is 636 g/mol. The minimum absolute atomic E-state index is 0.0402. The van der Waals surface area contributed by atoms with Gasteiger partial charge in [0.2, 0.25) is 5.91 Å². The van der Waals surface area contributed by atoms with Gasteiger partial charge in [-0.05, 0) is 80.5 Å². The summed E-state index contributed by atoms with van der Waals surface area (Å²) in [5.74, 6) is -0.640. The fourth-order valence-corrected chi connectivity index (χ4v) is 6.90. The van der Waals surface area contributed by atoms with Crippen LogP contribution in [0.1, 0.15) is 44.6 Å². The molecule has 0 radical (unpaired) electrons. The van der Waals surface area contributed by atoms with Crippen LogP contribution in [0.4, 0.5) is 23.7 Å². The maximum Gasteiger partial charge on any atom is 0.416 e. The molecular formula is C27H31Cl2F3N4O4S. The molecule has 4 rings (SSSR count). The van der Waals surface area contributed by atoms with E-state index in [1.165, 1.54) is 29.2 Å². The van der Waals surface area contributed by atoms with Crippen LogP contribution in [0.3, 0.4) is 0 Å². The molecule has 0 bridgehead atoms. The number of alkyl halides is 3. The van der Waals surface area contributed by atoms with Gasteiger partial charge >= 0.3 is 12.2 Å². The predicted octanol–water partition coefficient (Wildman–Crippen LogP) is 5.69. The van der Waals surface area contributed by atoms with Crippen LogP contribution in [0.5, 0.6) is 0 Å². The number of benzene rings is 2. The first-order chi connectivity index (χ1) is 19.3. The van der Waals surface area contributed by atoms with E-state index in [0.717, 1.165) is 31.4 Å². The summed E-state index contributed by atoms with van der Waals surface area (Å²) in [6.07, 6.45) is -1.56. The van der Waals surface area contributed by atoms with Crippen molar-refractivity contribution in [3.05, 3.63) is 58.1 Å². The largest absolute Gasteiger partial charge is 0.416 e. The topological polar surface area (TPSA) is 98.8 Å². The van der Waals surface area contributed by atoms with E-state index < -0.39 is 39.4 Å². The normalized spacial score (nSPS) is 18.5. The second-order valence-corrected chi connectivity index (χ2v) is 12.9. The highest BCUT2D eigenvalue weighted by molar-refractivity contribution is 7.93. The minimum atomic E-state index is -4.78. The smallest absolute Gasteiger partial charge is 0.341 e. The SMILES string of the molecule is CCC(C(=O)N1CCCC(CNC(=O)NC2CC2)C1)N(c1cc(C(F)(F)F)ccc1Cl)S(=O)(=O)c1ccc(Cl)cc1. The van der Waals surface area contributed by atoms with Crippen LogP contribution in [0.25, 0.3) is 0 Å². The molecule has 1 saturated heterocycles. The van der Waals surface area contributed by atoms with Crippen molar-refractivity contribution in [2.45, 2.75) is 62.2 Å². The van der Waals surface area contributed by atoms with E-state index in [1.54, 1.807) is 6.92 Å². The highest BCUT2D eigenvalue weighted by Gasteiger charge is 2.41. The molecule has 14 heteroatoms. The van der Waals surface area contributed by atoms with Gasteiger partial charge in [0, 0.05) is 30.7 Å². The Balaban J connectivity index is 1.66. The number of amides is 3. The monoisotopic (exact) mass is 634 g/mol. The van der Waals surface area contributed by atoms with Crippen molar-refractivity contribution in [1.29, 1.82) is 0 Å². The number of urea groups is 1. The highest BCUT2D eigenvalue weighted by Crippen LogP contribution is 2.39. The molecule has 2 aliphatic rings. The van der Waals surface area contributed by atoms with Crippen LogP contribution in [-0.4, -0.2) is 57.0 Å². The van der Waals surface area contributed by atoms with Gasteiger partial charge in [-0.15, -0.1) is 0 Å². The first-order valence-corrected chi connectivity index (χ1v) is 15.5. The van der Waals surface area contributed by atoms with Gasteiger partial charge in [0.1, 0.15) is 6.04 Å². The molecule has 1 aliphatic carbocycles. The quantitative estimate of drug-likeness (QED) is 0.370. The number of nitrogens with zero attached hydrogens (tertiary/aromatic N) is 2. The van der Waals surface area contributed by atoms with Crippen LogP contribution in [0, 0.1) is 5.92 Å². The molecular weight excluding hydrogens is 604 g/mol. The van der Waals surface area contributed by atoms with Gasteiger partial charge in [-0.25, -0.2) is 13.2 Å². The standard InChI is InChI=1S/C27H31Cl2F3N4O4S/c1-2-23(25(37)35-13-3-4-17(16-35)15-33-26(38)34-20-8-9-20)36(41(39,40)21-10-6-19(28)7-11-21)24-14-18(27(30,31)32)5-12-22(24)29/h5-7,10-12,14,17,20,23H,2-4,8-9,13,15-16H2,1H3,(H2,33,34,38).